The number of nitrogens with zero attached hydrogens (tertiary/aromatic N) is 5. The minimum Gasteiger partial charge on any atom is -0.304 e. The molecule has 4 aromatic rings. The first kappa shape index (κ1) is 20.5. The van der Waals surface area contributed by atoms with Crippen LogP contribution in [0.25, 0.3) is 10.9 Å². The van der Waals surface area contributed by atoms with E-state index in [-0.39, 0.29) is 18.3 Å². The van der Waals surface area contributed by atoms with Crippen LogP contribution in [0.2, 0.25) is 0 Å². The van der Waals surface area contributed by atoms with Crippen LogP contribution in [0.4, 0.5) is 19.0 Å². The molecule has 4 rings (SSSR count). The minimum atomic E-state index is -4.52. The lowest BCUT2D eigenvalue weighted by Crippen LogP contribution is -2.12. The van der Waals surface area contributed by atoms with Gasteiger partial charge in [0.05, 0.1) is 23.7 Å². The van der Waals surface area contributed by atoms with E-state index in [1.807, 2.05) is 6.07 Å². The number of hydrogen-bond acceptors (Lipinski definition) is 6. The third-order valence-electron chi connectivity index (χ3n) is 4.51. The van der Waals surface area contributed by atoms with Gasteiger partial charge in [-0.15, -0.1) is 0 Å². The SMILES string of the molecule is Cc1cnsc1C(=O)Nc1nn(Cc2ccc(C(F)(F)F)nc2)c2ccc(C#N)cc12. The predicted molar refractivity (Wildman–Crippen MR) is 108 cm³/mol. The Morgan fingerprint density at radius 3 is 2.68 bits per heavy atom. The molecule has 0 saturated carbocycles. The number of aryl methyl sites for hydroxylation is 1. The summed E-state index contributed by atoms with van der Waals surface area (Å²) in [5.74, 6) is -0.144. The first-order valence-electron chi connectivity index (χ1n) is 8.91. The largest absolute Gasteiger partial charge is 0.433 e. The Morgan fingerprint density at radius 1 is 1.26 bits per heavy atom. The zero-order chi connectivity index (χ0) is 22.2. The van der Waals surface area contributed by atoms with Crippen LogP contribution in [0.3, 0.4) is 0 Å². The predicted octanol–water partition coefficient (Wildman–Crippen LogP) is 4.39. The molecule has 1 aromatic carbocycles. The molecule has 0 saturated heterocycles. The molecule has 156 valence electrons. The van der Waals surface area contributed by atoms with Crippen molar-refractivity contribution < 1.29 is 18.0 Å². The molecule has 7 nitrogen and oxygen atoms in total. The average Bonchev–Trinajstić information content (AvgIpc) is 3.31. The first-order valence-corrected chi connectivity index (χ1v) is 9.69. The summed E-state index contributed by atoms with van der Waals surface area (Å²) in [6, 6.07) is 9.14. The lowest BCUT2D eigenvalue weighted by molar-refractivity contribution is -0.141. The summed E-state index contributed by atoms with van der Waals surface area (Å²) < 4.78 is 43.8. The van der Waals surface area contributed by atoms with Gasteiger partial charge in [-0.2, -0.15) is 23.5 Å². The molecular weight excluding hydrogens is 429 g/mol. The van der Waals surface area contributed by atoms with E-state index in [2.05, 4.69) is 19.8 Å². The Hall–Kier alpha value is -3.78. The van der Waals surface area contributed by atoms with E-state index in [1.54, 1.807) is 31.3 Å². The smallest absolute Gasteiger partial charge is 0.304 e. The van der Waals surface area contributed by atoms with E-state index < -0.39 is 11.9 Å². The maximum absolute atomic E-state index is 12.7. The number of hydrogen-bond donors (Lipinski definition) is 1. The zero-order valence-corrected chi connectivity index (χ0v) is 16.8. The Kier molecular flexibility index (Phi) is 5.16. The van der Waals surface area contributed by atoms with Crippen LogP contribution >= 0.6 is 11.5 Å². The van der Waals surface area contributed by atoms with Crippen LogP contribution in [0.5, 0.6) is 0 Å². The number of benzene rings is 1. The number of carbonyl (C=O) groups is 1. The number of alkyl halides is 3. The van der Waals surface area contributed by atoms with Gasteiger partial charge in [0.15, 0.2) is 5.82 Å². The van der Waals surface area contributed by atoms with Crippen LogP contribution in [0, 0.1) is 18.3 Å². The van der Waals surface area contributed by atoms with E-state index in [4.69, 9.17) is 0 Å². The Bertz CT molecular complexity index is 1320. The minimum absolute atomic E-state index is 0.128. The zero-order valence-electron chi connectivity index (χ0n) is 15.9. The van der Waals surface area contributed by atoms with Gasteiger partial charge in [-0.25, -0.2) is 4.37 Å². The molecule has 3 aromatic heterocycles. The molecule has 1 amide bonds. The molecular formula is C20H13F3N6OS. The molecule has 3 heterocycles. The second kappa shape index (κ2) is 7.81. The molecule has 0 aliphatic rings. The first-order chi connectivity index (χ1) is 14.8. The Balaban J connectivity index is 1.70. The number of amides is 1. The highest BCUT2D eigenvalue weighted by molar-refractivity contribution is 7.08. The summed E-state index contributed by atoms with van der Waals surface area (Å²) in [5, 5.41) is 16.9. The van der Waals surface area contributed by atoms with Crippen molar-refractivity contribution in [1.82, 2.24) is 19.1 Å². The standard InChI is InChI=1S/C20H13F3N6OS/c1-11-8-26-31-17(11)19(30)27-18-14-6-12(7-24)2-4-15(14)29(28-18)10-13-3-5-16(25-9-13)20(21,22)23/h2-6,8-9H,10H2,1H3,(H,27,28,30). The molecule has 0 aliphatic heterocycles. The van der Waals surface area contributed by atoms with Crippen LogP contribution in [-0.2, 0) is 12.7 Å². The van der Waals surface area contributed by atoms with E-state index in [1.165, 1.54) is 10.7 Å². The molecule has 0 unspecified atom stereocenters. The van der Waals surface area contributed by atoms with Crippen molar-refractivity contribution in [2.24, 2.45) is 0 Å². The lowest BCUT2D eigenvalue weighted by Gasteiger charge is -2.07. The maximum atomic E-state index is 12.7. The van der Waals surface area contributed by atoms with E-state index in [9.17, 15) is 23.2 Å². The number of fused-ring (bicyclic) bond motifs is 1. The number of aromatic nitrogens is 4. The van der Waals surface area contributed by atoms with Crippen molar-refractivity contribution in [3.63, 3.8) is 0 Å². The fourth-order valence-electron chi connectivity index (χ4n) is 2.99. The molecule has 0 spiro atoms. The van der Waals surface area contributed by atoms with Gasteiger partial charge in [-0.1, -0.05) is 6.07 Å². The second-order valence-corrected chi connectivity index (χ2v) is 7.49. The monoisotopic (exact) mass is 442 g/mol. The summed E-state index contributed by atoms with van der Waals surface area (Å²) >= 11 is 1.05. The second-order valence-electron chi connectivity index (χ2n) is 6.69. The fraction of sp³-hybridized carbons (Fsp3) is 0.150. The molecule has 0 radical (unpaired) electrons. The summed E-state index contributed by atoms with van der Waals surface area (Å²) in [5.41, 5.74) is 1.23. The van der Waals surface area contributed by atoms with Crippen LogP contribution < -0.4 is 5.32 Å². The topological polar surface area (TPSA) is 96.5 Å². The summed E-state index contributed by atoms with van der Waals surface area (Å²) in [4.78, 5) is 16.5. The van der Waals surface area contributed by atoms with Crippen LogP contribution in [0.15, 0.2) is 42.7 Å². The number of rotatable bonds is 4. The fourth-order valence-corrected chi connectivity index (χ4v) is 3.64. The van der Waals surface area contributed by atoms with E-state index in [0.29, 0.717) is 26.9 Å². The highest BCUT2D eigenvalue weighted by Crippen LogP contribution is 2.28. The van der Waals surface area contributed by atoms with Crippen molar-refractivity contribution >= 4 is 34.2 Å². The number of halogens is 3. The quantitative estimate of drug-likeness (QED) is 0.506. The summed E-state index contributed by atoms with van der Waals surface area (Å²) in [7, 11) is 0. The van der Waals surface area contributed by atoms with Crippen molar-refractivity contribution in [3.05, 3.63) is 70.0 Å². The van der Waals surface area contributed by atoms with Crippen molar-refractivity contribution in [1.29, 1.82) is 5.26 Å². The van der Waals surface area contributed by atoms with Gasteiger partial charge in [0.2, 0.25) is 0 Å². The molecule has 0 bridgehead atoms. The molecule has 1 N–H and O–H groups in total. The Labute approximate surface area is 177 Å². The van der Waals surface area contributed by atoms with Gasteiger partial charge in [-0.05, 0) is 53.8 Å². The number of nitrogens with one attached hydrogen (secondary N) is 1. The van der Waals surface area contributed by atoms with Crippen LogP contribution in [-0.4, -0.2) is 25.0 Å². The van der Waals surface area contributed by atoms with Crippen LogP contribution in [0.1, 0.15) is 32.1 Å². The van der Waals surface area contributed by atoms with Gasteiger partial charge in [0, 0.05) is 17.8 Å². The van der Waals surface area contributed by atoms with Gasteiger partial charge in [0.1, 0.15) is 10.6 Å². The summed E-state index contributed by atoms with van der Waals surface area (Å²) in [6.07, 6.45) is -1.79. The highest BCUT2D eigenvalue weighted by atomic mass is 32.1. The third kappa shape index (κ3) is 4.10. The van der Waals surface area contributed by atoms with Gasteiger partial charge in [0.25, 0.3) is 5.91 Å². The molecule has 0 atom stereocenters. The summed E-state index contributed by atoms with van der Waals surface area (Å²) in [6.45, 7) is 1.89. The normalized spacial score (nSPS) is 11.5. The molecule has 0 aliphatic carbocycles. The lowest BCUT2D eigenvalue weighted by atomic mass is 10.1. The number of carbonyl (C=O) groups excluding carboxylic acids is 1. The van der Waals surface area contributed by atoms with Crippen molar-refractivity contribution in [3.8, 4) is 6.07 Å². The maximum Gasteiger partial charge on any atom is 0.433 e. The number of anilines is 1. The van der Waals surface area contributed by atoms with E-state index in [0.717, 1.165) is 29.4 Å². The van der Waals surface area contributed by atoms with E-state index >= 15 is 0 Å². The number of nitriles is 1. The molecule has 0 fully saturated rings. The number of pyridine rings is 1. The van der Waals surface area contributed by atoms with Gasteiger partial charge in [-0.3, -0.25) is 14.5 Å². The van der Waals surface area contributed by atoms with Gasteiger partial charge >= 0.3 is 6.18 Å². The average molecular weight is 442 g/mol. The van der Waals surface area contributed by atoms with Crippen molar-refractivity contribution in [2.75, 3.05) is 5.32 Å². The van der Waals surface area contributed by atoms with Gasteiger partial charge < -0.3 is 5.32 Å². The molecule has 11 heteroatoms. The van der Waals surface area contributed by atoms with Crippen molar-refractivity contribution in [2.45, 2.75) is 19.6 Å². The Morgan fingerprint density at radius 2 is 2.06 bits per heavy atom. The highest BCUT2D eigenvalue weighted by Gasteiger charge is 2.32. The molecule has 31 heavy (non-hydrogen) atoms. The third-order valence-corrected chi connectivity index (χ3v) is 5.41.